The van der Waals surface area contributed by atoms with Crippen molar-refractivity contribution in [3.05, 3.63) is 23.8 Å². The fraction of sp³-hybridized carbons (Fsp3) is 0.739. The Bertz CT molecular complexity index is 436. The first-order valence-electron chi connectivity index (χ1n) is 10.5. The molecule has 0 amide bonds. The van der Waals surface area contributed by atoms with Crippen LogP contribution in [-0.4, -0.2) is 22.2 Å². The smallest absolute Gasteiger partial charge is 0.330 e. The molecule has 27 heavy (non-hydrogen) atoms. The Morgan fingerprint density at radius 3 is 1.96 bits per heavy atom. The van der Waals surface area contributed by atoms with E-state index in [4.69, 9.17) is 10.2 Å². The van der Waals surface area contributed by atoms with E-state index >= 15 is 0 Å². The van der Waals surface area contributed by atoms with Crippen LogP contribution in [0.5, 0.6) is 0 Å². The van der Waals surface area contributed by atoms with Crippen LogP contribution in [0.4, 0.5) is 0 Å². The van der Waals surface area contributed by atoms with Crippen LogP contribution in [0.15, 0.2) is 23.8 Å². The Labute approximate surface area is 166 Å². The molecule has 0 rings (SSSR count). The van der Waals surface area contributed by atoms with E-state index in [0.717, 1.165) is 31.6 Å². The van der Waals surface area contributed by atoms with Gasteiger partial charge < -0.3 is 10.2 Å². The number of allylic oxidation sites excluding steroid dienone is 1. The van der Waals surface area contributed by atoms with Crippen molar-refractivity contribution in [3.63, 3.8) is 0 Å². The first kappa shape index (κ1) is 27.6. The normalized spacial score (nSPS) is 11.1. The Hall–Kier alpha value is -1.58. The fourth-order valence-electron chi connectivity index (χ4n) is 2.51. The van der Waals surface area contributed by atoms with E-state index in [1.54, 1.807) is 6.92 Å². The van der Waals surface area contributed by atoms with E-state index in [1.807, 2.05) is 6.08 Å². The number of hydrogen-bond donors (Lipinski definition) is 2. The molecule has 0 saturated carbocycles. The van der Waals surface area contributed by atoms with Crippen molar-refractivity contribution < 1.29 is 19.8 Å². The van der Waals surface area contributed by atoms with Gasteiger partial charge in [-0.3, -0.25) is 0 Å². The fourth-order valence-corrected chi connectivity index (χ4v) is 2.51. The van der Waals surface area contributed by atoms with Gasteiger partial charge in [0.2, 0.25) is 0 Å². The summed E-state index contributed by atoms with van der Waals surface area (Å²) in [7, 11) is 0. The third-order valence-corrected chi connectivity index (χ3v) is 4.41. The lowest BCUT2D eigenvalue weighted by Gasteiger charge is -2.03. The Balaban J connectivity index is 0. The number of aliphatic carboxylic acids is 2. The highest BCUT2D eigenvalue weighted by Gasteiger charge is 2.02. The summed E-state index contributed by atoms with van der Waals surface area (Å²) in [5, 5.41) is 17.1. The molecule has 0 aliphatic heterocycles. The Morgan fingerprint density at radius 2 is 1.44 bits per heavy atom. The lowest BCUT2D eigenvalue weighted by atomic mass is 10.0. The average Bonchev–Trinajstić information content (AvgIpc) is 2.60. The molecule has 0 spiro atoms. The highest BCUT2D eigenvalue weighted by atomic mass is 16.4. The summed E-state index contributed by atoms with van der Waals surface area (Å²) >= 11 is 0. The molecule has 4 heteroatoms. The SMILES string of the molecule is C=C(CCCCCC(C)C)C(=O)O.CCCCCCCCC=C(C)C(=O)O. The lowest BCUT2D eigenvalue weighted by Crippen LogP contribution is -1.98. The van der Waals surface area contributed by atoms with Crippen LogP contribution >= 0.6 is 0 Å². The third-order valence-electron chi connectivity index (χ3n) is 4.41. The first-order chi connectivity index (χ1) is 12.7. The Morgan fingerprint density at radius 1 is 0.889 bits per heavy atom. The standard InChI is InChI=1S/C12H22O2.C11H20O2/c1-3-4-5-6-7-8-9-10-11(2)12(13)14;1-9(2)7-5-4-6-8-10(3)11(12)13/h10H,3-9H2,1-2H3,(H,13,14);9H,3-8H2,1-2H3,(H,12,13). The topological polar surface area (TPSA) is 74.6 Å². The Kier molecular flexibility index (Phi) is 19.6. The number of carbonyl (C=O) groups is 2. The molecule has 0 aliphatic rings. The molecule has 0 heterocycles. The maximum atomic E-state index is 10.4. The van der Waals surface area contributed by atoms with Gasteiger partial charge in [-0.2, -0.15) is 0 Å². The van der Waals surface area contributed by atoms with Crippen molar-refractivity contribution in [1.29, 1.82) is 0 Å². The summed E-state index contributed by atoms with van der Waals surface area (Å²) in [6.07, 6.45) is 15.4. The molecule has 0 fully saturated rings. The van der Waals surface area contributed by atoms with Gasteiger partial charge in [0.05, 0.1) is 0 Å². The number of hydrogen-bond acceptors (Lipinski definition) is 2. The van der Waals surface area contributed by atoms with Crippen LogP contribution in [0, 0.1) is 5.92 Å². The molecule has 158 valence electrons. The van der Waals surface area contributed by atoms with Gasteiger partial charge in [0.15, 0.2) is 0 Å². The van der Waals surface area contributed by atoms with E-state index in [9.17, 15) is 9.59 Å². The van der Waals surface area contributed by atoms with Crippen LogP contribution in [0.25, 0.3) is 0 Å². The molecule has 0 aromatic heterocycles. The van der Waals surface area contributed by atoms with Crippen LogP contribution in [0.1, 0.15) is 105 Å². The predicted octanol–water partition coefficient (Wildman–Crippen LogP) is 7.00. The van der Waals surface area contributed by atoms with Gasteiger partial charge >= 0.3 is 11.9 Å². The zero-order valence-corrected chi connectivity index (χ0v) is 18.1. The summed E-state index contributed by atoms with van der Waals surface area (Å²) in [5.41, 5.74) is 0.808. The van der Waals surface area contributed by atoms with E-state index < -0.39 is 11.9 Å². The van der Waals surface area contributed by atoms with Crippen LogP contribution in [0.2, 0.25) is 0 Å². The maximum Gasteiger partial charge on any atom is 0.330 e. The van der Waals surface area contributed by atoms with Crippen molar-refractivity contribution in [3.8, 4) is 0 Å². The quantitative estimate of drug-likeness (QED) is 0.236. The van der Waals surface area contributed by atoms with Gasteiger partial charge in [-0.05, 0) is 38.5 Å². The largest absolute Gasteiger partial charge is 0.478 e. The number of carboxylic acids is 2. The number of carboxylic acid groups (broad SMARTS) is 2. The lowest BCUT2D eigenvalue weighted by molar-refractivity contribution is -0.133. The van der Waals surface area contributed by atoms with Crippen LogP contribution in [-0.2, 0) is 9.59 Å². The number of unbranched alkanes of at least 4 members (excludes halogenated alkanes) is 8. The molecule has 2 N–H and O–H groups in total. The second kappa shape index (κ2) is 19.2. The van der Waals surface area contributed by atoms with E-state index in [2.05, 4.69) is 27.4 Å². The minimum absolute atomic E-state index is 0.338. The molecule has 0 atom stereocenters. The minimum atomic E-state index is -0.858. The molecule has 0 radical (unpaired) electrons. The molecule has 0 unspecified atom stereocenters. The molecule has 0 saturated heterocycles. The predicted molar refractivity (Wildman–Crippen MR) is 114 cm³/mol. The van der Waals surface area contributed by atoms with Gasteiger partial charge in [-0.25, -0.2) is 9.59 Å². The van der Waals surface area contributed by atoms with Gasteiger partial charge in [-0.15, -0.1) is 0 Å². The second-order valence-corrected chi connectivity index (χ2v) is 7.65. The molecule has 0 bridgehead atoms. The van der Waals surface area contributed by atoms with E-state index in [0.29, 0.717) is 17.6 Å². The summed E-state index contributed by atoms with van der Waals surface area (Å²) in [6.45, 7) is 11.8. The van der Waals surface area contributed by atoms with Crippen molar-refractivity contribution in [1.82, 2.24) is 0 Å². The zero-order chi connectivity index (χ0) is 21.1. The second-order valence-electron chi connectivity index (χ2n) is 7.65. The third kappa shape index (κ3) is 22.4. The molecular weight excluding hydrogens is 340 g/mol. The van der Waals surface area contributed by atoms with Gasteiger partial charge in [0, 0.05) is 11.1 Å². The highest BCUT2D eigenvalue weighted by molar-refractivity contribution is 5.86. The van der Waals surface area contributed by atoms with Crippen molar-refractivity contribution in [2.45, 2.75) is 105 Å². The molecule has 4 nitrogen and oxygen atoms in total. The molecule has 0 aromatic rings. The summed E-state index contributed by atoms with van der Waals surface area (Å²) in [5.74, 6) is -0.900. The summed E-state index contributed by atoms with van der Waals surface area (Å²) in [4.78, 5) is 20.8. The number of rotatable bonds is 15. The first-order valence-corrected chi connectivity index (χ1v) is 10.5. The maximum absolute atomic E-state index is 10.4. The monoisotopic (exact) mass is 382 g/mol. The van der Waals surface area contributed by atoms with Crippen LogP contribution < -0.4 is 0 Å². The van der Waals surface area contributed by atoms with Gasteiger partial charge in [0.25, 0.3) is 0 Å². The van der Waals surface area contributed by atoms with Gasteiger partial charge in [-0.1, -0.05) is 84.8 Å². The summed E-state index contributed by atoms with van der Waals surface area (Å²) < 4.78 is 0. The van der Waals surface area contributed by atoms with E-state index in [1.165, 1.54) is 44.9 Å². The molecular formula is C23H42O4. The van der Waals surface area contributed by atoms with E-state index in [-0.39, 0.29) is 0 Å². The zero-order valence-electron chi connectivity index (χ0n) is 18.1. The van der Waals surface area contributed by atoms with Gasteiger partial charge in [0.1, 0.15) is 0 Å². The average molecular weight is 383 g/mol. The summed E-state index contributed by atoms with van der Waals surface area (Å²) in [6, 6.07) is 0. The van der Waals surface area contributed by atoms with Crippen molar-refractivity contribution in [2.24, 2.45) is 5.92 Å². The van der Waals surface area contributed by atoms with Crippen molar-refractivity contribution >= 4 is 11.9 Å². The van der Waals surface area contributed by atoms with Crippen molar-refractivity contribution in [2.75, 3.05) is 0 Å². The minimum Gasteiger partial charge on any atom is -0.478 e. The molecule has 0 aromatic carbocycles. The molecule has 0 aliphatic carbocycles. The van der Waals surface area contributed by atoms with Crippen LogP contribution in [0.3, 0.4) is 0 Å². The highest BCUT2D eigenvalue weighted by Crippen LogP contribution is 2.12.